The fourth-order valence-corrected chi connectivity index (χ4v) is 2.96. The lowest BCUT2D eigenvalue weighted by atomic mass is 10.0. The predicted molar refractivity (Wildman–Crippen MR) is 113 cm³/mol. The molecule has 138 valence electrons. The molecule has 1 saturated heterocycles. The van der Waals surface area contributed by atoms with Gasteiger partial charge in [0.25, 0.3) is 0 Å². The second-order valence-corrected chi connectivity index (χ2v) is 6.52. The van der Waals surface area contributed by atoms with Gasteiger partial charge in [-0.2, -0.15) is 0 Å². The van der Waals surface area contributed by atoms with Crippen LogP contribution in [0.1, 0.15) is 66.2 Å². The molecule has 2 N–H and O–H groups in total. The standard InChI is InChI=1S/C18H38N4.HI/c1-5-9-12-22-13-10-17(11-14-22)21-18(19-8-4)20-15-16(6-2)7-3;/h16-17H,5-15H2,1-4H3,(H2,19,20,21);1H. The Morgan fingerprint density at radius 1 is 1.13 bits per heavy atom. The molecule has 5 heteroatoms. The maximum atomic E-state index is 4.80. The van der Waals surface area contributed by atoms with Crippen molar-refractivity contribution in [2.75, 3.05) is 32.7 Å². The molecule has 0 bridgehead atoms. The molecule has 0 amide bonds. The Morgan fingerprint density at radius 2 is 1.78 bits per heavy atom. The van der Waals surface area contributed by atoms with E-state index in [4.69, 9.17) is 4.99 Å². The zero-order chi connectivity index (χ0) is 16.2. The quantitative estimate of drug-likeness (QED) is 0.326. The summed E-state index contributed by atoms with van der Waals surface area (Å²) in [6.07, 6.45) is 7.53. The van der Waals surface area contributed by atoms with Gasteiger partial charge in [0.2, 0.25) is 0 Å². The fourth-order valence-electron chi connectivity index (χ4n) is 2.96. The first-order valence-electron chi connectivity index (χ1n) is 9.50. The van der Waals surface area contributed by atoms with Gasteiger partial charge in [0.05, 0.1) is 0 Å². The molecule has 0 radical (unpaired) electrons. The van der Waals surface area contributed by atoms with Crippen LogP contribution in [-0.2, 0) is 0 Å². The Hall–Kier alpha value is -0.0400. The van der Waals surface area contributed by atoms with Gasteiger partial charge in [-0.15, -0.1) is 24.0 Å². The van der Waals surface area contributed by atoms with Gasteiger partial charge in [0.15, 0.2) is 5.96 Å². The highest BCUT2D eigenvalue weighted by molar-refractivity contribution is 14.0. The lowest BCUT2D eigenvalue weighted by molar-refractivity contribution is 0.203. The zero-order valence-electron chi connectivity index (χ0n) is 15.7. The number of halogens is 1. The highest BCUT2D eigenvalue weighted by Gasteiger charge is 2.19. The van der Waals surface area contributed by atoms with Gasteiger partial charge in [-0.25, -0.2) is 0 Å². The molecule has 1 rings (SSSR count). The number of hydrogen-bond donors (Lipinski definition) is 2. The summed E-state index contributed by atoms with van der Waals surface area (Å²) in [7, 11) is 0. The lowest BCUT2D eigenvalue weighted by Gasteiger charge is -2.33. The van der Waals surface area contributed by atoms with Crippen LogP contribution < -0.4 is 10.6 Å². The van der Waals surface area contributed by atoms with Crippen LogP contribution in [0.2, 0.25) is 0 Å². The third-order valence-electron chi connectivity index (χ3n) is 4.76. The normalized spacial score (nSPS) is 17.2. The van der Waals surface area contributed by atoms with Crippen molar-refractivity contribution in [1.82, 2.24) is 15.5 Å². The number of likely N-dealkylation sites (tertiary alicyclic amines) is 1. The number of nitrogens with zero attached hydrogens (tertiary/aromatic N) is 2. The summed E-state index contributed by atoms with van der Waals surface area (Å²) in [6, 6.07) is 0.581. The van der Waals surface area contributed by atoms with Crippen LogP contribution in [0.3, 0.4) is 0 Å². The average molecular weight is 438 g/mol. The van der Waals surface area contributed by atoms with E-state index in [1.54, 1.807) is 0 Å². The molecule has 0 aromatic rings. The van der Waals surface area contributed by atoms with Gasteiger partial charge in [-0.3, -0.25) is 4.99 Å². The van der Waals surface area contributed by atoms with Crippen LogP contribution in [0, 0.1) is 5.92 Å². The minimum absolute atomic E-state index is 0. The first-order valence-corrected chi connectivity index (χ1v) is 9.50. The number of unbranched alkanes of at least 4 members (excludes halogenated alkanes) is 1. The second kappa shape index (κ2) is 14.3. The van der Waals surface area contributed by atoms with Crippen LogP contribution in [0.25, 0.3) is 0 Å². The Kier molecular flexibility index (Phi) is 14.3. The monoisotopic (exact) mass is 438 g/mol. The molecule has 0 saturated carbocycles. The maximum Gasteiger partial charge on any atom is 0.191 e. The van der Waals surface area contributed by atoms with Crippen LogP contribution >= 0.6 is 24.0 Å². The molecule has 1 aliphatic rings. The molecule has 4 nitrogen and oxygen atoms in total. The Morgan fingerprint density at radius 3 is 2.30 bits per heavy atom. The first kappa shape index (κ1) is 23.0. The van der Waals surface area contributed by atoms with E-state index in [0.717, 1.165) is 19.0 Å². The van der Waals surface area contributed by atoms with Gasteiger partial charge < -0.3 is 15.5 Å². The summed E-state index contributed by atoms with van der Waals surface area (Å²) in [4.78, 5) is 7.41. The minimum Gasteiger partial charge on any atom is -0.357 e. The molecular weight excluding hydrogens is 399 g/mol. The summed E-state index contributed by atoms with van der Waals surface area (Å²) in [5.74, 6) is 1.73. The number of rotatable bonds is 9. The van der Waals surface area contributed by atoms with Crippen molar-refractivity contribution in [2.45, 2.75) is 72.3 Å². The topological polar surface area (TPSA) is 39.7 Å². The van der Waals surface area contributed by atoms with Crippen molar-refractivity contribution >= 4 is 29.9 Å². The highest BCUT2D eigenvalue weighted by atomic mass is 127. The van der Waals surface area contributed by atoms with E-state index in [1.165, 1.54) is 58.2 Å². The van der Waals surface area contributed by atoms with Crippen LogP contribution in [0.4, 0.5) is 0 Å². The maximum absolute atomic E-state index is 4.80. The van der Waals surface area contributed by atoms with E-state index >= 15 is 0 Å². The minimum atomic E-state index is 0. The Labute approximate surface area is 161 Å². The van der Waals surface area contributed by atoms with E-state index in [-0.39, 0.29) is 24.0 Å². The Balaban J connectivity index is 0.00000484. The van der Waals surface area contributed by atoms with Crippen molar-refractivity contribution in [2.24, 2.45) is 10.9 Å². The van der Waals surface area contributed by atoms with Gasteiger partial charge in [-0.05, 0) is 38.6 Å². The molecule has 0 unspecified atom stereocenters. The van der Waals surface area contributed by atoms with E-state index in [2.05, 4.69) is 43.2 Å². The number of guanidine groups is 1. The molecular formula is C18H39IN4. The molecule has 23 heavy (non-hydrogen) atoms. The molecule has 0 aliphatic carbocycles. The smallest absolute Gasteiger partial charge is 0.191 e. The van der Waals surface area contributed by atoms with E-state index in [1.807, 2.05) is 0 Å². The van der Waals surface area contributed by atoms with Crippen molar-refractivity contribution in [3.05, 3.63) is 0 Å². The molecule has 0 atom stereocenters. The zero-order valence-corrected chi connectivity index (χ0v) is 18.1. The number of nitrogens with one attached hydrogen (secondary N) is 2. The summed E-state index contributed by atoms with van der Waals surface area (Å²) >= 11 is 0. The predicted octanol–water partition coefficient (Wildman–Crippen LogP) is 3.86. The summed E-state index contributed by atoms with van der Waals surface area (Å²) in [5, 5.41) is 7.05. The van der Waals surface area contributed by atoms with Crippen LogP contribution in [0.5, 0.6) is 0 Å². The fraction of sp³-hybridized carbons (Fsp3) is 0.944. The van der Waals surface area contributed by atoms with Crippen LogP contribution in [0.15, 0.2) is 4.99 Å². The molecule has 0 aromatic carbocycles. The van der Waals surface area contributed by atoms with Crippen molar-refractivity contribution in [3.8, 4) is 0 Å². The number of hydrogen-bond acceptors (Lipinski definition) is 2. The first-order chi connectivity index (χ1) is 10.7. The third kappa shape index (κ3) is 9.75. The second-order valence-electron chi connectivity index (χ2n) is 6.52. The average Bonchev–Trinajstić information content (AvgIpc) is 2.55. The van der Waals surface area contributed by atoms with E-state index in [0.29, 0.717) is 12.0 Å². The molecule has 0 aromatic heterocycles. The Bertz CT molecular complexity index is 297. The van der Waals surface area contributed by atoms with E-state index < -0.39 is 0 Å². The molecule has 1 aliphatic heterocycles. The molecule has 1 heterocycles. The van der Waals surface area contributed by atoms with Crippen molar-refractivity contribution < 1.29 is 0 Å². The largest absolute Gasteiger partial charge is 0.357 e. The van der Waals surface area contributed by atoms with Crippen LogP contribution in [-0.4, -0.2) is 49.6 Å². The van der Waals surface area contributed by atoms with Gasteiger partial charge in [-0.1, -0.05) is 40.0 Å². The summed E-state index contributed by atoms with van der Waals surface area (Å²) in [6.45, 7) is 14.5. The molecule has 0 spiro atoms. The number of aliphatic imine (C=N–C) groups is 1. The summed E-state index contributed by atoms with van der Waals surface area (Å²) < 4.78 is 0. The summed E-state index contributed by atoms with van der Waals surface area (Å²) in [5.41, 5.74) is 0. The SMILES string of the molecule is CCCCN1CCC(NC(=NCC(CC)CC)NCC)CC1.I. The van der Waals surface area contributed by atoms with Crippen molar-refractivity contribution in [3.63, 3.8) is 0 Å². The van der Waals surface area contributed by atoms with Gasteiger partial charge >= 0.3 is 0 Å². The number of piperidine rings is 1. The molecule has 1 fully saturated rings. The van der Waals surface area contributed by atoms with Crippen molar-refractivity contribution in [1.29, 1.82) is 0 Å². The highest BCUT2D eigenvalue weighted by Crippen LogP contribution is 2.11. The lowest BCUT2D eigenvalue weighted by Crippen LogP contribution is -2.48. The van der Waals surface area contributed by atoms with Gasteiger partial charge in [0, 0.05) is 32.2 Å². The van der Waals surface area contributed by atoms with E-state index in [9.17, 15) is 0 Å². The van der Waals surface area contributed by atoms with Gasteiger partial charge in [0.1, 0.15) is 0 Å². The third-order valence-corrected chi connectivity index (χ3v) is 4.76.